The van der Waals surface area contributed by atoms with Crippen LogP contribution in [-0.4, -0.2) is 106 Å². The molecule has 2 aromatic rings. The molecule has 0 bridgehead atoms. The van der Waals surface area contributed by atoms with Crippen LogP contribution in [0.2, 0.25) is 0 Å². The zero-order valence-electron chi connectivity index (χ0n) is 27.5. The molecule has 0 radical (unpaired) electrons. The zero-order chi connectivity index (χ0) is 31.9. The van der Waals surface area contributed by atoms with Gasteiger partial charge in [-0.05, 0) is 75.5 Å². The zero-order valence-corrected chi connectivity index (χ0v) is 27.5. The lowest BCUT2D eigenvalue weighted by atomic mass is 10.1. The van der Waals surface area contributed by atoms with Gasteiger partial charge in [0.25, 0.3) is 0 Å². The third kappa shape index (κ3) is 17.7. The summed E-state index contributed by atoms with van der Waals surface area (Å²) >= 11 is 0. The molecule has 0 aliphatic heterocycles. The van der Waals surface area contributed by atoms with Gasteiger partial charge >= 0.3 is 6.09 Å². The van der Waals surface area contributed by atoms with Gasteiger partial charge in [0.15, 0.2) is 0 Å². The van der Waals surface area contributed by atoms with E-state index in [1.165, 1.54) is 16.8 Å². The van der Waals surface area contributed by atoms with E-state index < -0.39 is 5.60 Å². The molecule has 0 atom stereocenters. The Labute approximate surface area is 259 Å². The molecule has 2 rings (SSSR count). The lowest BCUT2D eigenvalue weighted by molar-refractivity contribution is 0.0528. The predicted molar refractivity (Wildman–Crippen MR) is 176 cm³/mol. The fourth-order valence-corrected chi connectivity index (χ4v) is 4.08. The number of carbonyl (C=O) groups is 1. The molecule has 0 saturated heterocycles. The molecule has 43 heavy (non-hydrogen) atoms. The average Bonchev–Trinajstić information content (AvgIpc) is 2.98. The molecular formula is C33H56N4O6. The van der Waals surface area contributed by atoms with Crippen LogP contribution in [0.5, 0.6) is 0 Å². The molecule has 244 valence electrons. The number of nitrogens with zero attached hydrogens (tertiary/aromatic N) is 2. The van der Waals surface area contributed by atoms with Crippen LogP contribution in [-0.2, 0) is 36.5 Å². The first kappa shape index (κ1) is 38.1. The van der Waals surface area contributed by atoms with Crippen molar-refractivity contribution < 1.29 is 28.5 Å². The standard InChI is InChI=1S/C19H32N2O4.C14H24N2O2/c1-19(2,3)25-18(22)20-11-10-16-6-8-17(9-7-16)21(12-14-23-4)13-15-24-5;1-17-11-9-16(10-12-18-2)14-5-3-13(4-6-14)7-8-15/h6-9H,10-15H2,1-5H3,(H,20,22);3-6H,7-12,15H2,1-2H3. The number of nitrogens with one attached hydrogen (secondary N) is 1. The second-order valence-corrected chi connectivity index (χ2v) is 11.0. The second-order valence-electron chi connectivity index (χ2n) is 11.0. The number of alkyl carbamates (subject to hydrolysis) is 1. The summed E-state index contributed by atoms with van der Waals surface area (Å²) in [6, 6.07) is 16.9. The van der Waals surface area contributed by atoms with Gasteiger partial charge in [-0.2, -0.15) is 0 Å². The fourth-order valence-electron chi connectivity index (χ4n) is 4.08. The van der Waals surface area contributed by atoms with E-state index >= 15 is 0 Å². The molecule has 0 aliphatic rings. The first-order chi connectivity index (χ1) is 20.7. The summed E-state index contributed by atoms with van der Waals surface area (Å²) < 4.78 is 25.8. The minimum absolute atomic E-state index is 0.380. The molecule has 10 heteroatoms. The molecule has 0 heterocycles. The highest BCUT2D eigenvalue weighted by atomic mass is 16.6. The van der Waals surface area contributed by atoms with Gasteiger partial charge in [-0.15, -0.1) is 0 Å². The van der Waals surface area contributed by atoms with Crippen LogP contribution in [0.4, 0.5) is 16.2 Å². The van der Waals surface area contributed by atoms with Gasteiger partial charge < -0.3 is 44.5 Å². The maximum Gasteiger partial charge on any atom is 0.407 e. The number of carbonyl (C=O) groups excluding carboxylic acids is 1. The number of benzene rings is 2. The van der Waals surface area contributed by atoms with E-state index in [0.717, 1.165) is 44.7 Å². The average molecular weight is 605 g/mol. The summed E-state index contributed by atoms with van der Waals surface area (Å²) in [4.78, 5) is 16.1. The Kier molecular flexibility index (Phi) is 20.1. The normalized spacial score (nSPS) is 11.0. The molecular weight excluding hydrogens is 548 g/mol. The van der Waals surface area contributed by atoms with Gasteiger partial charge in [-0.1, -0.05) is 24.3 Å². The van der Waals surface area contributed by atoms with E-state index in [2.05, 4.69) is 63.6 Å². The Bertz CT molecular complexity index is 951. The van der Waals surface area contributed by atoms with E-state index in [9.17, 15) is 4.79 Å². The Hall–Kier alpha value is -2.89. The van der Waals surface area contributed by atoms with Crippen LogP contribution in [0.1, 0.15) is 31.9 Å². The number of methoxy groups -OCH3 is 4. The fraction of sp³-hybridized carbons (Fsp3) is 0.606. The first-order valence-corrected chi connectivity index (χ1v) is 15.0. The highest BCUT2D eigenvalue weighted by molar-refractivity contribution is 5.67. The Morgan fingerprint density at radius 3 is 1.37 bits per heavy atom. The summed E-state index contributed by atoms with van der Waals surface area (Å²) in [7, 11) is 6.85. The van der Waals surface area contributed by atoms with E-state index in [-0.39, 0.29) is 6.09 Å². The van der Waals surface area contributed by atoms with Crippen molar-refractivity contribution >= 4 is 17.5 Å². The van der Waals surface area contributed by atoms with Crippen molar-refractivity contribution in [1.29, 1.82) is 0 Å². The number of hydrogen-bond donors (Lipinski definition) is 2. The van der Waals surface area contributed by atoms with Gasteiger partial charge in [-0.3, -0.25) is 0 Å². The molecule has 0 aliphatic carbocycles. The van der Waals surface area contributed by atoms with Crippen molar-refractivity contribution in [2.24, 2.45) is 5.73 Å². The van der Waals surface area contributed by atoms with E-state index in [4.69, 9.17) is 29.4 Å². The van der Waals surface area contributed by atoms with Crippen LogP contribution in [0.25, 0.3) is 0 Å². The monoisotopic (exact) mass is 604 g/mol. The number of anilines is 2. The maximum absolute atomic E-state index is 11.6. The first-order valence-electron chi connectivity index (χ1n) is 15.0. The third-order valence-electron chi connectivity index (χ3n) is 6.38. The van der Waals surface area contributed by atoms with Crippen molar-refractivity contribution in [3.8, 4) is 0 Å². The highest BCUT2D eigenvalue weighted by Gasteiger charge is 2.15. The number of rotatable bonds is 19. The van der Waals surface area contributed by atoms with E-state index in [1.54, 1.807) is 28.4 Å². The number of nitrogens with two attached hydrogens (primary N) is 1. The summed E-state index contributed by atoms with van der Waals surface area (Å²) in [6.07, 6.45) is 1.31. The van der Waals surface area contributed by atoms with Gasteiger partial charge in [-0.25, -0.2) is 4.79 Å². The molecule has 10 nitrogen and oxygen atoms in total. The molecule has 3 N–H and O–H groups in total. The van der Waals surface area contributed by atoms with Gasteiger partial charge in [0, 0.05) is 72.5 Å². The smallest absolute Gasteiger partial charge is 0.407 e. The third-order valence-corrected chi connectivity index (χ3v) is 6.38. The van der Waals surface area contributed by atoms with Crippen molar-refractivity contribution in [3.63, 3.8) is 0 Å². The lowest BCUT2D eigenvalue weighted by Gasteiger charge is -2.24. The van der Waals surface area contributed by atoms with E-state index in [0.29, 0.717) is 39.5 Å². The van der Waals surface area contributed by atoms with Crippen LogP contribution in [0, 0.1) is 0 Å². The van der Waals surface area contributed by atoms with Gasteiger partial charge in [0.1, 0.15) is 5.60 Å². The SMILES string of the molecule is COCCN(CCOC)c1ccc(CCN)cc1.COCCN(CCOC)c1ccc(CCNC(=O)OC(C)(C)C)cc1. The van der Waals surface area contributed by atoms with E-state index in [1.807, 2.05) is 20.8 Å². The Morgan fingerprint density at radius 2 is 1.05 bits per heavy atom. The van der Waals surface area contributed by atoms with Gasteiger partial charge in [0.2, 0.25) is 0 Å². The molecule has 0 saturated carbocycles. The number of hydrogen-bond acceptors (Lipinski definition) is 9. The van der Waals surface area contributed by atoms with Crippen molar-refractivity contribution in [2.45, 2.75) is 39.2 Å². The van der Waals surface area contributed by atoms with Crippen LogP contribution in [0.3, 0.4) is 0 Å². The molecule has 0 fully saturated rings. The summed E-state index contributed by atoms with van der Waals surface area (Å²) in [5.41, 5.74) is 9.85. The Morgan fingerprint density at radius 1 is 0.674 bits per heavy atom. The predicted octanol–water partition coefficient (Wildman–Crippen LogP) is 4.14. The topological polar surface area (TPSA) is 108 Å². The molecule has 0 spiro atoms. The van der Waals surface area contributed by atoms with Crippen LogP contribution >= 0.6 is 0 Å². The molecule has 0 aromatic heterocycles. The number of ether oxygens (including phenoxy) is 5. The quantitative estimate of drug-likeness (QED) is 0.245. The molecule has 1 amide bonds. The van der Waals surface area contributed by atoms with Crippen LogP contribution < -0.4 is 20.9 Å². The van der Waals surface area contributed by atoms with Crippen molar-refractivity contribution in [1.82, 2.24) is 5.32 Å². The molecule has 2 aromatic carbocycles. The largest absolute Gasteiger partial charge is 0.444 e. The van der Waals surface area contributed by atoms with Crippen molar-refractivity contribution in [3.05, 3.63) is 59.7 Å². The second kappa shape index (κ2) is 22.6. The van der Waals surface area contributed by atoms with Crippen LogP contribution in [0.15, 0.2) is 48.5 Å². The summed E-state index contributed by atoms with van der Waals surface area (Å²) in [5, 5.41) is 2.78. The van der Waals surface area contributed by atoms with Gasteiger partial charge in [0.05, 0.1) is 26.4 Å². The minimum atomic E-state index is -0.473. The highest BCUT2D eigenvalue weighted by Crippen LogP contribution is 2.16. The van der Waals surface area contributed by atoms with Crippen molar-refractivity contribution in [2.75, 3.05) is 104 Å². The minimum Gasteiger partial charge on any atom is -0.444 e. The Balaban J connectivity index is 0.000000453. The summed E-state index contributed by atoms with van der Waals surface area (Å²) in [5.74, 6) is 0. The maximum atomic E-state index is 11.6. The molecule has 0 unspecified atom stereocenters. The summed E-state index contributed by atoms with van der Waals surface area (Å²) in [6.45, 7) is 12.9. The number of amides is 1. The lowest BCUT2D eigenvalue weighted by Crippen LogP contribution is -2.33.